The van der Waals surface area contributed by atoms with Crippen LogP contribution in [-0.4, -0.2) is 29.6 Å². The van der Waals surface area contributed by atoms with Crippen molar-refractivity contribution in [1.82, 2.24) is 0 Å². The zero-order chi connectivity index (χ0) is 16.6. The van der Waals surface area contributed by atoms with Crippen molar-refractivity contribution in [3.05, 3.63) is 35.4 Å². The molecule has 1 aromatic rings. The van der Waals surface area contributed by atoms with Crippen LogP contribution >= 0.6 is 15.9 Å². The minimum atomic E-state index is -0.602. The number of unbranched alkanes of at least 4 members (excludes halogenated alkanes) is 2. The van der Waals surface area contributed by atoms with Crippen LogP contribution in [0.1, 0.15) is 50.2 Å². The summed E-state index contributed by atoms with van der Waals surface area (Å²) in [7, 11) is 1.45. The Morgan fingerprint density at radius 3 is 2.68 bits per heavy atom. The first-order chi connectivity index (χ1) is 10.4. The number of benzene rings is 1. The average Bonchev–Trinajstić information content (AvgIpc) is 2.53. The molecule has 0 aliphatic carbocycles. The van der Waals surface area contributed by atoms with Crippen LogP contribution in [0.15, 0.2) is 24.3 Å². The van der Waals surface area contributed by atoms with Crippen LogP contribution in [0.3, 0.4) is 0 Å². The molecule has 0 radical (unpaired) electrons. The maximum atomic E-state index is 12.3. The van der Waals surface area contributed by atoms with E-state index in [4.69, 9.17) is 4.74 Å². The first-order valence-corrected chi connectivity index (χ1v) is 8.95. The van der Waals surface area contributed by atoms with Gasteiger partial charge < -0.3 is 9.84 Å². The topological polar surface area (TPSA) is 46.5 Å². The lowest BCUT2D eigenvalue weighted by Crippen LogP contribution is -2.33. The third-order valence-corrected chi connectivity index (χ3v) is 4.93. The Morgan fingerprint density at radius 1 is 1.36 bits per heavy atom. The van der Waals surface area contributed by atoms with E-state index in [-0.39, 0.29) is 12.1 Å². The summed E-state index contributed by atoms with van der Waals surface area (Å²) < 4.78 is 5.04. The van der Waals surface area contributed by atoms with Gasteiger partial charge in [-0.3, -0.25) is 4.79 Å². The lowest BCUT2D eigenvalue weighted by Gasteiger charge is -2.27. The van der Waals surface area contributed by atoms with Crippen molar-refractivity contribution in [2.45, 2.75) is 57.5 Å². The van der Waals surface area contributed by atoms with Gasteiger partial charge in [-0.05, 0) is 32.3 Å². The summed E-state index contributed by atoms with van der Waals surface area (Å²) in [6, 6.07) is 8.07. The number of rotatable bonds is 9. The van der Waals surface area contributed by atoms with E-state index >= 15 is 0 Å². The van der Waals surface area contributed by atoms with Crippen molar-refractivity contribution in [2.75, 3.05) is 12.4 Å². The molecule has 0 saturated carbocycles. The number of aliphatic hydroxyl groups is 1. The number of halogens is 1. The van der Waals surface area contributed by atoms with E-state index in [1.165, 1.54) is 7.11 Å². The SMILES string of the molecule is COC(=O)C(C)(CCCCCC(O)CBr)c1cccc(C)c1. The first kappa shape index (κ1) is 19.2. The van der Waals surface area contributed by atoms with E-state index in [9.17, 15) is 9.90 Å². The van der Waals surface area contributed by atoms with Crippen LogP contribution in [0.4, 0.5) is 0 Å². The summed E-state index contributed by atoms with van der Waals surface area (Å²) in [6.45, 7) is 3.99. The normalized spacial score (nSPS) is 15.1. The van der Waals surface area contributed by atoms with E-state index in [2.05, 4.69) is 22.0 Å². The molecule has 1 N–H and O–H groups in total. The molecule has 0 saturated heterocycles. The highest BCUT2D eigenvalue weighted by Gasteiger charge is 2.35. The molecule has 0 aliphatic heterocycles. The fraction of sp³-hybridized carbons (Fsp3) is 0.611. The van der Waals surface area contributed by atoms with Gasteiger partial charge in [0.05, 0.1) is 18.6 Å². The van der Waals surface area contributed by atoms with E-state index in [1.807, 2.05) is 32.0 Å². The van der Waals surface area contributed by atoms with E-state index < -0.39 is 5.41 Å². The highest BCUT2D eigenvalue weighted by atomic mass is 79.9. The van der Waals surface area contributed by atoms with E-state index in [1.54, 1.807) is 0 Å². The summed E-state index contributed by atoms with van der Waals surface area (Å²) >= 11 is 3.27. The number of ether oxygens (including phenoxy) is 1. The Labute approximate surface area is 142 Å². The van der Waals surface area contributed by atoms with Crippen molar-refractivity contribution < 1.29 is 14.6 Å². The maximum absolute atomic E-state index is 12.3. The number of aryl methyl sites for hydroxylation is 1. The molecule has 0 fully saturated rings. The van der Waals surface area contributed by atoms with Crippen molar-refractivity contribution in [2.24, 2.45) is 0 Å². The van der Waals surface area contributed by atoms with Gasteiger partial charge in [0.25, 0.3) is 0 Å². The van der Waals surface area contributed by atoms with Gasteiger partial charge in [0.2, 0.25) is 0 Å². The number of hydrogen-bond donors (Lipinski definition) is 1. The Bertz CT molecular complexity index is 475. The molecule has 2 unspecified atom stereocenters. The lowest BCUT2D eigenvalue weighted by atomic mass is 9.77. The first-order valence-electron chi connectivity index (χ1n) is 7.83. The fourth-order valence-corrected chi connectivity index (χ4v) is 3.01. The van der Waals surface area contributed by atoms with Gasteiger partial charge in [-0.25, -0.2) is 0 Å². The maximum Gasteiger partial charge on any atom is 0.315 e. The molecule has 0 aromatic heterocycles. The Kier molecular flexibility index (Phi) is 8.12. The lowest BCUT2D eigenvalue weighted by molar-refractivity contribution is -0.147. The van der Waals surface area contributed by atoms with Crippen molar-refractivity contribution >= 4 is 21.9 Å². The molecule has 22 heavy (non-hydrogen) atoms. The molecule has 1 aromatic carbocycles. The third-order valence-electron chi connectivity index (χ3n) is 4.18. The molecule has 0 aliphatic rings. The Morgan fingerprint density at radius 2 is 2.09 bits per heavy atom. The zero-order valence-electron chi connectivity index (χ0n) is 13.8. The molecule has 2 atom stereocenters. The number of carbonyl (C=O) groups excluding carboxylic acids is 1. The second-order valence-corrected chi connectivity index (χ2v) is 6.75. The molecule has 3 nitrogen and oxygen atoms in total. The van der Waals surface area contributed by atoms with Gasteiger partial charge in [0, 0.05) is 5.33 Å². The van der Waals surface area contributed by atoms with Crippen molar-refractivity contribution in [3.8, 4) is 0 Å². The average molecular weight is 371 g/mol. The largest absolute Gasteiger partial charge is 0.468 e. The van der Waals surface area contributed by atoms with Crippen molar-refractivity contribution in [1.29, 1.82) is 0 Å². The summed E-state index contributed by atoms with van der Waals surface area (Å²) in [5, 5.41) is 10.2. The summed E-state index contributed by atoms with van der Waals surface area (Å²) in [5.74, 6) is -0.182. The number of carbonyl (C=O) groups is 1. The van der Waals surface area contributed by atoms with Gasteiger partial charge in [0.15, 0.2) is 0 Å². The molecular formula is C18H27BrO3. The van der Waals surface area contributed by atoms with Gasteiger partial charge in [-0.2, -0.15) is 0 Å². The minimum absolute atomic E-state index is 0.182. The van der Waals surface area contributed by atoms with E-state index in [0.29, 0.717) is 5.33 Å². The van der Waals surface area contributed by atoms with Crippen LogP contribution in [0, 0.1) is 6.92 Å². The van der Waals surface area contributed by atoms with Crippen LogP contribution in [0.25, 0.3) is 0 Å². The number of aliphatic hydroxyl groups excluding tert-OH is 1. The van der Waals surface area contributed by atoms with Gasteiger partial charge in [-0.15, -0.1) is 0 Å². The third kappa shape index (κ3) is 5.40. The smallest absolute Gasteiger partial charge is 0.315 e. The van der Waals surface area contributed by atoms with Gasteiger partial charge in [0.1, 0.15) is 0 Å². The number of alkyl halides is 1. The quantitative estimate of drug-likeness (QED) is 0.403. The molecular weight excluding hydrogens is 344 g/mol. The molecule has 0 spiro atoms. The second-order valence-electron chi connectivity index (χ2n) is 6.10. The molecule has 0 bridgehead atoms. The molecule has 1 rings (SSSR count). The Balaban J connectivity index is 2.67. The Hall–Kier alpha value is -0.870. The van der Waals surface area contributed by atoms with Crippen molar-refractivity contribution in [3.63, 3.8) is 0 Å². The van der Waals surface area contributed by atoms with Crippen LogP contribution in [0.2, 0.25) is 0 Å². The standard InChI is InChI=1S/C18H27BrO3/c1-14-8-7-9-15(12-14)18(2,17(21)22-3)11-6-4-5-10-16(20)13-19/h7-9,12,16,20H,4-6,10-11,13H2,1-3H3. The fourth-order valence-electron chi connectivity index (χ4n) is 2.69. The monoisotopic (exact) mass is 370 g/mol. The summed E-state index contributed by atoms with van der Waals surface area (Å²) in [5.41, 5.74) is 1.56. The predicted molar refractivity (Wildman–Crippen MR) is 93.4 cm³/mol. The van der Waals surface area contributed by atoms with Crippen LogP contribution in [0.5, 0.6) is 0 Å². The summed E-state index contributed by atoms with van der Waals surface area (Å²) in [6.07, 6.45) is 4.19. The minimum Gasteiger partial charge on any atom is -0.468 e. The number of hydrogen-bond acceptors (Lipinski definition) is 3. The number of esters is 1. The van der Waals surface area contributed by atoms with Gasteiger partial charge >= 0.3 is 5.97 Å². The molecule has 0 amide bonds. The summed E-state index contributed by atoms with van der Waals surface area (Å²) in [4.78, 5) is 12.3. The molecule has 0 heterocycles. The van der Waals surface area contributed by atoms with Crippen LogP contribution in [-0.2, 0) is 14.9 Å². The second kappa shape index (κ2) is 9.31. The van der Waals surface area contributed by atoms with Gasteiger partial charge in [-0.1, -0.05) is 65.0 Å². The predicted octanol–water partition coefficient (Wildman–Crippen LogP) is 4.13. The number of methoxy groups -OCH3 is 1. The highest BCUT2D eigenvalue weighted by molar-refractivity contribution is 9.09. The highest BCUT2D eigenvalue weighted by Crippen LogP contribution is 2.32. The molecule has 124 valence electrons. The molecule has 4 heteroatoms. The van der Waals surface area contributed by atoms with E-state index in [0.717, 1.165) is 43.2 Å². The zero-order valence-corrected chi connectivity index (χ0v) is 15.4. The van der Waals surface area contributed by atoms with Crippen LogP contribution < -0.4 is 0 Å².